The smallest absolute Gasteiger partial charge is 0.208 e. The zero-order valence-corrected chi connectivity index (χ0v) is 21.9. The highest BCUT2D eigenvalue weighted by Gasteiger charge is 2.25. The molecule has 0 unspecified atom stereocenters. The van der Waals surface area contributed by atoms with E-state index in [0.29, 0.717) is 9.09 Å². The summed E-state index contributed by atoms with van der Waals surface area (Å²) in [6, 6.07) is 8.36. The number of nitrogen functional groups attached to an aromatic ring is 1. The van der Waals surface area contributed by atoms with Gasteiger partial charge in [-0.3, -0.25) is 5.41 Å². The van der Waals surface area contributed by atoms with Gasteiger partial charge in [0.2, 0.25) is 9.84 Å². The first-order valence-electron chi connectivity index (χ1n) is 10.1. The molecule has 4 nitrogen and oxygen atoms in total. The number of hydrogen-bond donors (Lipinski definition) is 2. The molecule has 0 saturated carbocycles. The van der Waals surface area contributed by atoms with E-state index in [1.807, 2.05) is 66.0 Å². The first-order valence-corrected chi connectivity index (χ1v) is 13.6. The van der Waals surface area contributed by atoms with E-state index >= 15 is 0 Å². The fourth-order valence-corrected chi connectivity index (χ4v) is 6.41. The lowest BCUT2D eigenvalue weighted by atomic mass is 10.0. The van der Waals surface area contributed by atoms with Gasteiger partial charge in [0.15, 0.2) is 0 Å². The summed E-state index contributed by atoms with van der Waals surface area (Å²) in [7, 11) is -3.73. The van der Waals surface area contributed by atoms with Crippen LogP contribution in [0, 0.1) is 5.41 Å². The third-order valence-electron chi connectivity index (χ3n) is 3.93. The van der Waals surface area contributed by atoms with E-state index in [9.17, 15) is 8.42 Å². The van der Waals surface area contributed by atoms with Crippen LogP contribution in [0.4, 0.5) is 0 Å². The van der Waals surface area contributed by atoms with Gasteiger partial charge < -0.3 is 5.73 Å². The number of amidine groups is 1. The van der Waals surface area contributed by atoms with Crippen molar-refractivity contribution in [3.05, 3.63) is 71.2 Å². The Morgan fingerprint density at radius 1 is 1.19 bits per heavy atom. The van der Waals surface area contributed by atoms with Crippen molar-refractivity contribution < 1.29 is 8.42 Å². The lowest BCUT2D eigenvalue weighted by molar-refractivity contribution is 0.595. The number of nitrogens with two attached hydrogens (primary N) is 1. The van der Waals surface area contributed by atoms with Crippen LogP contribution < -0.4 is 5.73 Å². The Balaban J connectivity index is 0.00000212. The third kappa shape index (κ3) is 7.23. The fourth-order valence-electron chi connectivity index (χ4n) is 2.51. The maximum absolute atomic E-state index is 13.2. The number of nitrogens with one attached hydrogen (secondary N) is 1. The van der Waals surface area contributed by atoms with Crippen LogP contribution in [0.25, 0.3) is 5.57 Å². The quantitative estimate of drug-likeness (QED) is 0.191. The number of sulfone groups is 1. The van der Waals surface area contributed by atoms with Gasteiger partial charge >= 0.3 is 0 Å². The van der Waals surface area contributed by atoms with Crippen LogP contribution in [0.1, 0.15) is 52.0 Å². The van der Waals surface area contributed by atoms with Crippen molar-refractivity contribution in [3.8, 4) is 0 Å². The Kier molecular flexibility index (Phi) is 13.1. The molecule has 2 aromatic rings. The highest BCUT2D eigenvalue weighted by atomic mass is 32.2. The molecule has 0 aliphatic rings. The molecule has 0 aliphatic heterocycles. The normalized spacial score (nSPS) is 11.6. The highest BCUT2D eigenvalue weighted by molar-refractivity contribution is 8.01. The fraction of sp³-hybridized carbons (Fsp3) is 0.292. The summed E-state index contributed by atoms with van der Waals surface area (Å²) in [5.74, 6) is -0.134. The van der Waals surface area contributed by atoms with E-state index in [1.165, 1.54) is 29.2 Å². The minimum absolute atomic E-state index is 0.134. The van der Waals surface area contributed by atoms with Crippen LogP contribution in [0.5, 0.6) is 0 Å². The molecule has 0 saturated heterocycles. The molecule has 7 heteroatoms. The minimum Gasteiger partial charge on any atom is -0.383 e. The number of benzene rings is 1. The molecule has 1 aromatic carbocycles. The number of allylic oxidation sites excluding steroid dienone is 5. The van der Waals surface area contributed by atoms with Gasteiger partial charge in [0.05, 0.1) is 18.9 Å². The Hall–Kier alpha value is -2.09. The maximum atomic E-state index is 13.2. The summed E-state index contributed by atoms with van der Waals surface area (Å²) >= 11 is 2.55. The zero-order valence-electron chi connectivity index (χ0n) is 19.4. The van der Waals surface area contributed by atoms with E-state index in [4.69, 9.17) is 11.1 Å². The number of thiophene rings is 1. The monoisotopic (exact) mass is 478 g/mol. The summed E-state index contributed by atoms with van der Waals surface area (Å²) in [6.07, 6.45) is 7.41. The van der Waals surface area contributed by atoms with Crippen molar-refractivity contribution in [2.24, 2.45) is 5.73 Å². The van der Waals surface area contributed by atoms with E-state index in [0.717, 1.165) is 16.7 Å². The standard InChI is InChI=1S/C20H22N2O2S3.2C2H6/c1-5-8-16(13(3)6-2)14-9-7-10-15(11-14)27(23,24)18-12-17(19(21)22)26-20(18)25-4;2*1-2/h5-12H,2H2,1,3-4H3,(H3,21,22);2*1-2H3/b8-5-,16-13+;;. The van der Waals surface area contributed by atoms with Crippen molar-refractivity contribution in [1.29, 1.82) is 5.41 Å². The van der Waals surface area contributed by atoms with Gasteiger partial charge in [0.25, 0.3) is 0 Å². The van der Waals surface area contributed by atoms with Gasteiger partial charge in [0.1, 0.15) is 5.84 Å². The lowest BCUT2D eigenvalue weighted by Crippen LogP contribution is -2.09. The zero-order chi connectivity index (χ0) is 24.2. The van der Waals surface area contributed by atoms with Crippen LogP contribution in [-0.2, 0) is 9.84 Å². The second-order valence-electron chi connectivity index (χ2n) is 5.71. The highest BCUT2D eigenvalue weighted by Crippen LogP contribution is 2.37. The molecule has 0 amide bonds. The van der Waals surface area contributed by atoms with E-state index < -0.39 is 9.84 Å². The third-order valence-corrected chi connectivity index (χ3v) is 8.26. The topological polar surface area (TPSA) is 84.0 Å². The Bertz CT molecular complexity index is 1050. The first kappa shape index (κ1) is 28.9. The lowest BCUT2D eigenvalue weighted by Gasteiger charge is -2.10. The van der Waals surface area contributed by atoms with Gasteiger partial charge in [0, 0.05) is 0 Å². The molecule has 0 fully saturated rings. The minimum atomic E-state index is -3.73. The average Bonchev–Trinajstić information content (AvgIpc) is 3.25. The number of rotatable bonds is 7. The molecule has 1 aromatic heterocycles. The Labute approximate surface area is 196 Å². The summed E-state index contributed by atoms with van der Waals surface area (Å²) in [5, 5.41) is 7.60. The van der Waals surface area contributed by atoms with Crippen molar-refractivity contribution in [2.75, 3.05) is 6.26 Å². The van der Waals surface area contributed by atoms with E-state index in [2.05, 4.69) is 6.58 Å². The van der Waals surface area contributed by atoms with Crippen LogP contribution in [0.3, 0.4) is 0 Å². The molecule has 0 radical (unpaired) electrons. The van der Waals surface area contributed by atoms with Gasteiger partial charge in [-0.1, -0.05) is 64.6 Å². The molecule has 0 atom stereocenters. The van der Waals surface area contributed by atoms with Crippen LogP contribution in [0.2, 0.25) is 0 Å². The van der Waals surface area contributed by atoms with Crippen molar-refractivity contribution in [1.82, 2.24) is 0 Å². The Morgan fingerprint density at radius 2 is 1.81 bits per heavy atom. The molecule has 3 N–H and O–H groups in total. The van der Waals surface area contributed by atoms with E-state index in [-0.39, 0.29) is 15.6 Å². The maximum Gasteiger partial charge on any atom is 0.208 e. The van der Waals surface area contributed by atoms with Gasteiger partial charge in [-0.2, -0.15) is 0 Å². The molecule has 2 rings (SSSR count). The van der Waals surface area contributed by atoms with Gasteiger partial charge in [-0.05, 0) is 55.0 Å². The van der Waals surface area contributed by atoms with Crippen molar-refractivity contribution in [2.45, 2.75) is 55.5 Å². The molecule has 170 valence electrons. The van der Waals surface area contributed by atoms with Crippen LogP contribution in [-0.4, -0.2) is 20.5 Å². The number of thioether (sulfide) groups is 1. The predicted molar refractivity (Wildman–Crippen MR) is 139 cm³/mol. The summed E-state index contributed by atoms with van der Waals surface area (Å²) < 4.78 is 27.1. The molecule has 31 heavy (non-hydrogen) atoms. The number of hydrogen-bond acceptors (Lipinski definition) is 5. The van der Waals surface area contributed by atoms with Crippen LogP contribution in [0.15, 0.2) is 74.7 Å². The molecule has 1 heterocycles. The SMILES string of the molecule is C=C/C(C)=C(\C=C/C)c1cccc(S(=O)(=O)c2cc(C(=N)N)sc2SC)c1.CC.CC. The molecule has 0 bridgehead atoms. The largest absolute Gasteiger partial charge is 0.383 e. The van der Waals surface area contributed by atoms with Crippen molar-refractivity contribution in [3.63, 3.8) is 0 Å². The summed E-state index contributed by atoms with van der Waals surface area (Å²) in [5.41, 5.74) is 8.23. The van der Waals surface area contributed by atoms with Gasteiger partial charge in [-0.25, -0.2) is 8.42 Å². The first-order chi connectivity index (χ1) is 14.8. The molecule has 0 spiro atoms. The van der Waals surface area contributed by atoms with Gasteiger partial charge in [-0.15, -0.1) is 23.1 Å². The molecular weight excluding hydrogens is 444 g/mol. The van der Waals surface area contributed by atoms with Crippen molar-refractivity contribution >= 4 is 44.3 Å². The molecule has 0 aliphatic carbocycles. The average molecular weight is 479 g/mol. The van der Waals surface area contributed by atoms with E-state index in [1.54, 1.807) is 24.3 Å². The second kappa shape index (κ2) is 14.1. The Morgan fingerprint density at radius 3 is 2.29 bits per heavy atom. The summed E-state index contributed by atoms with van der Waals surface area (Å²) in [4.78, 5) is 0.854. The van der Waals surface area contributed by atoms with Crippen LogP contribution >= 0.6 is 23.1 Å². The second-order valence-corrected chi connectivity index (χ2v) is 9.76. The predicted octanol–water partition coefficient (Wildman–Crippen LogP) is 7.17. The summed E-state index contributed by atoms with van der Waals surface area (Å²) in [6.45, 7) is 15.7. The molecular formula is C24H34N2O2S3.